The van der Waals surface area contributed by atoms with Crippen molar-refractivity contribution in [2.75, 3.05) is 20.6 Å². The van der Waals surface area contributed by atoms with E-state index in [9.17, 15) is 4.79 Å². The molecule has 0 bridgehead atoms. The molecule has 17 heavy (non-hydrogen) atoms. The molecule has 0 aliphatic heterocycles. The number of amides is 1. The molecule has 0 fully saturated rings. The Morgan fingerprint density at radius 2 is 1.94 bits per heavy atom. The van der Waals surface area contributed by atoms with E-state index in [-0.39, 0.29) is 11.9 Å². The van der Waals surface area contributed by atoms with E-state index in [0.717, 1.165) is 13.0 Å². The SMILES string of the molecule is CC(C)CC(CN(C)C)NC(=O)C(C)(C)C#N. The molecule has 0 aliphatic carbocycles. The summed E-state index contributed by atoms with van der Waals surface area (Å²) in [6, 6.07) is 2.13. The lowest BCUT2D eigenvalue weighted by molar-refractivity contribution is -0.127. The van der Waals surface area contributed by atoms with Crippen LogP contribution in [0.4, 0.5) is 0 Å². The molecule has 0 saturated carbocycles. The zero-order valence-corrected chi connectivity index (χ0v) is 11.9. The van der Waals surface area contributed by atoms with Gasteiger partial charge in [0.05, 0.1) is 6.07 Å². The minimum atomic E-state index is -0.957. The van der Waals surface area contributed by atoms with E-state index >= 15 is 0 Å². The summed E-state index contributed by atoms with van der Waals surface area (Å²) in [5.41, 5.74) is -0.957. The van der Waals surface area contributed by atoms with Gasteiger partial charge < -0.3 is 10.2 Å². The van der Waals surface area contributed by atoms with Crippen molar-refractivity contribution in [3.63, 3.8) is 0 Å². The van der Waals surface area contributed by atoms with Crippen molar-refractivity contribution in [2.24, 2.45) is 11.3 Å². The molecule has 1 unspecified atom stereocenters. The van der Waals surface area contributed by atoms with E-state index < -0.39 is 5.41 Å². The summed E-state index contributed by atoms with van der Waals surface area (Å²) >= 11 is 0. The molecular weight excluding hydrogens is 214 g/mol. The van der Waals surface area contributed by atoms with Crippen molar-refractivity contribution in [1.82, 2.24) is 10.2 Å². The van der Waals surface area contributed by atoms with Gasteiger partial charge in [-0.25, -0.2) is 0 Å². The molecule has 0 radical (unpaired) electrons. The van der Waals surface area contributed by atoms with Gasteiger partial charge in [-0.1, -0.05) is 13.8 Å². The van der Waals surface area contributed by atoms with Crippen molar-refractivity contribution in [2.45, 2.75) is 40.2 Å². The molecule has 0 aromatic rings. The summed E-state index contributed by atoms with van der Waals surface area (Å²) in [4.78, 5) is 14.0. The summed E-state index contributed by atoms with van der Waals surface area (Å²) in [7, 11) is 3.96. The molecular formula is C13H25N3O. The van der Waals surface area contributed by atoms with E-state index in [1.54, 1.807) is 13.8 Å². The molecule has 98 valence electrons. The Morgan fingerprint density at radius 3 is 2.29 bits per heavy atom. The van der Waals surface area contributed by atoms with Crippen molar-refractivity contribution in [3.05, 3.63) is 0 Å². The van der Waals surface area contributed by atoms with Crippen LogP contribution in [0.15, 0.2) is 0 Å². The normalized spacial score (nSPS) is 13.6. The van der Waals surface area contributed by atoms with Crippen LogP contribution in [-0.2, 0) is 4.79 Å². The first-order valence-electron chi connectivity index (χ1n) is 6.06. The average molecular weight is 239 g/mol. The topological polar surface area (TPSA) is 56.1 Å². The summed E-state index contributed by atoms with van der Waals surface area (Å²) < 4.78 is 0. The monoisotopic (exact) mass is 239 g/mol. The number of nitrogens with zero attached hydrogens (tertiary/aromatic N) is 2. The van der Waals surface area contributed by atoms with E-state index in [1.807, 2.05) is 25.1 Å². The van der Waals surface area contributed by atoms with Gasteiger partial charge in [-0.2, -0.15) is 5.26 Å². The number of carbonyl (C=O) groups is 1. The lowest BCUT2D eigenvalue weighted by atomic mass is 9.93. The maximum atomic E-state index is 11.9. The molecule has 1 amide bonds. The van der Waals surface area contributed by atoms with Crippen molar-refractivity contribution in [3.8, 4) is 6.07 Å². The largest absolute Gasteiger partial charge is 0.351 e. The molecule has 1 N–H and O–H groups in total. The van der Waals surface area contributed by atoms with E-state index in [4.69, 9.17) is 5.26 Å². The highest BCUT2D eigenvalue weighted by atomic mass is 16.2. The Balaban J connectivity index is 4.54. The van der Waals surface area contributed by atoms with E-state index in [2.05, 4.69) is 19.2 Å². The lowest BCUT2D eigenvalue weighted by Gasteiger charge is -2.26. The number of hydrogen-bond donors (Lipinski definition) is 1. The van der Waals surface area contributed by atoms with Crippen molar-refractivity contribution < 1.29 is 4.79 Å². The molecule has 0 rings (SSSR count). The van der Waals surface area contributed by atoms with Crippen LogP contribution in [0.2, 0.25) is 0 Å². The molecule has 0 aliphatic rings. The molecule has 4 heteroatoms. The average Bonchev–Trinajstić information content (AvgIpc) is 2.15. The third-order valence-electron chi connectivity index (χ3n) is 2.52. The Kier molecular flexibility index (Phi) is 6.19. The predicted octanol–water partition coefficient (Wildman–Crippen LogP) is 1.63. The maximum absolute atomic E-state index is 11.9. The van der Waals surface area contributed by atoms with Gasteiger partial charge in [0.15, 0.2) is 0 Å². The zero-order chi connectivity index (χ0) is 13.6. The summed E-state index contributed by atoms with van der Waals surface area (Å²) in [6.07, 6.45) is 0.922. The van der Waals surface area contributed by atoms with E-state index in [0.29, 0.717) is 5.92 Å². The predicted molar refractivity (Wildman–Crippen MR) is 69.3 cm³/mol. The van der Waals surface area contributed by atoms with Gasteiger partial charge >= 0.3 is 0 Å². The standard InChI is InChI=1S/C13H25N3O/c1-10(2)7-11(8-16(5)6)15-12(17)13(3,4)9-14/h10-11H,7-8H2,1-6H3,(H,15,17). The van der Waals surface area contributed by atoms with Gasteiger partial charge in [0, 0.05) is 12.6 Å². The highest BCUT2D eigenvalue weighted by Gasteiger charge is 2.29. The lowest BCUT2D eigenvalue weighted by Crippen LogP contribution is -2.47. The smallest absolute Gasteiger partial charge is 0.240 e. The third kappa shape index (κ3) is 6.28. The number of nitrogens with one attached hydrogen (secondary N) is 1. The Labute approximate surface area is 105 Å². The zero-order valence-electron chi connectivity index (χ0n) is 11.9. The van der Waals surface area contributed by atoms with Crippen molar-refractivity contribution >= 4 is 5.91 Å². The molecule has 4 nitrogen and oxygen atoms in total. The van der Waals surface area contributed by atoms with Crippen LogP contribution in [0.5, 0.6) is 0 Å². The van der Waals surface area contributed by atoms with Gasteiger partial charge in [0.1, 0.15) is 5.41 Å². The molecule has 0 saturated heterocycles. The van der Waals surface area contributed by atoms with Crippen LogP contribution >= 0.6 is 0 Å². The van der Waals surface area contributed by atoms with Crippen LogP contribution < -0.4 is 5.32 Å². The van der Waals surface area contributed by atoms with Crippen LogP contribution in [-0.4, -0.2) is 37.5 Å². The molecule has 0 aromatic heterocycles. The molecule has 0 spiro atoms. The second-order valence-corrected chi connectivity index (χ2v) is 5.80. The third-order valence-corrected chi connectivity index (χ3v) is 2.52. The van der Waals surface area contributed by atoms with Crippen LogP contribution in [0, 0.1) is 22.7 Å². The minimum absolute atomic E-state index is 0.102. The first-order chi connectivity index (χ1) is 7.69. The van der Waals surface area contributed by atoms with Gasteiger partial charge in [-0.05, 0) is 40.3 Å². The molecule has 0 aromatic carbocycles. The number of carbonyl (C=O) groups excluding carboxylic acids is 1. The van der Waals surface area contributed by atoms with Crippen LogP contribution in [0.3, 0.4) is 0 Å². The first-order valence-corrected chi connectivity index (χ1v) is 6.06. The number of likely N-dealkylation sites (N-methyl/N-ethyl adjacent to an activating group) is 1. The van der Waals surface area contributed by atoms with Gasteiger partial charge in [0.25, 0.3) is 0 Å². The molecule has 0 heterocycles. The van der Waals surface area contributed by atoms with Crippen LogP contribution in [0.25, 0.3) is 0 Å². The van der Waals surface area contributed by atoms with E-state index in [1.165, 1.54) is 0 Å². The van der Waals surface area contributed by atoms with Gasteiger partial charge in [-0.3, -0.25) is 4.79 Å². The molecule has 1 atom stereocenters. The van der Waals surface area contributed by atoms with Gasteiger partial charge in [0.2, 0.25) is 5.91 Å². The highest BCUT2D eigenvalue weighted by molar-refractivity contribution is 5.84. The number of rotatable bonds is 6. The number of hydrogen-bond acceptors (Lipinski definition) is 3. The summed E-state index contributed by atoms with van der Waals surface area (Å²) in [6.45, 7) is 8.34. The Bertz CT molecular complexity index is 280. The maximum Gasteiger partial charge on any atom is 0.240 e. The highest BCUT2D eigenvalue weighted by Crippen LogP contribution is 2.14. The summed E-state index contributed by atoms with van der Waals surface area (Å²) in [5.74, 6) is 0.331. The fraction of sp³-hybridized carbons (Fsp3) is 0.846. The van der Waals surface area contributed by atoms with Gasteiger partial charge in [-0.15, -0.1) is 0 Å². The Hall–Kier alpha value is -1.08. The van der Waals surface area contributed by atoms with Crippen LogP contribution in [0.1, 0.15) is 34.1 Å². The Morgan fingerprint density at radius 1 is 1.41 bits per heavy atom. The summed E-state index contributed by atoms with van der Waals surface area (Å²) in [5, 5.41) is 11.9. The fourth-order valence-electron chi connectivity index (χ4n) is 1.61. The second kappa shape index (κ2) is 6.61. The fourth-order valence-corrected chi connectivity index (χ4v) is 1.61. The minimum Gasteiger partial charge on any atom is -0.351 e. The quantitative estimate of drug-likeness (QED) is 0.766. The first kappa shape index (κ1) is 15.9. The number of nitriles is 1. The van der Waals surface area contributed by atoms with Crippen molar-refractivity contribution in [1.29, 1.82) is 5.26 Å². The second-order valence-electron chi connectivity index (χ2n) is 5.80.